The number of nitrogens with zero attached hydrogens (tertiary/aromatic N) is 6. The van der Waals surface area contributed by atoms with Crippen LogP contribution in [0.3, 0.4) is 0 Å². The summed E-state index contributed by atoms with van der Waals surface area (Å²) in [6, 6.07) is 2.93. The predicted molar refractivity (Wildman–Crippen MR) is 114 cm³/mol. The molecule has 5 rings (SSSR count). The van der Waals surface area contributed by atoms with Crippen LogP contribution in [-0.4, -0.2) is 59.4 Å². The van der Waals surface area contributed by atoms with Crippen LogP contribution in [-0.2, 0) is 0 Å². The fraction of sp³-hybridized carbons (Fsp3) is 0.524. The van der Waals surface area contributed by atoms with Crippen molar-refractivity contribution >= 4 is 29.2 Å². The van der Waals surface area contributed by atoms with Crippen LogP contribution in [0.5, 0.6) is 0 Å². The van der Waals surface area contributed by atoms with Crippen LogP contribution in [0.2, 0.25) is 0 Å². The van der Waals surface area contributed by atoms with Crippen molar-refractivity contribution in [2.75, 3.05) is 46.2 Å². The number of aromatic nitrogens is 3. The fourth-order valence-corrected chi connectivity index (χ4v) is 4.85. The molecule has 0 unspecified atom stereocenters. The Morgan fingerprint density at radius 2 is 1.82 bits per heavy atom. The van der Waals surface area contributed by atoms with E-state index >= 15 is 0 Å². The summed E-state index contributed by atoms with van der Waals surface area (Å²) in [4.78, 5) is 30.6. The molecule has 0 spiro atoms. The zero-order valence-corrected chi connectivity index (χ0v) is 17.7. The zero-order chi connectivity index (χ0) is 23.2. The summed E-state index contributed by atoms with van der Waals surface area (Å²) in [5, 5.41) is 2.63. The van der Waals surface area contributed by atoms with Gasteiger partial charge in [-0.1, -0.05) is 0 Å². The van der Waals surface area contributed by atoms with E-state index in [2.05, 4.69) is 25.2 Å². The van der Waals surface area contributed by atoms with Gasteiger partial charge in [0.25, 0.3) is 0 Å². The third-order valence-electron chi connectivity index (χ3n) is 6.45. The molecule has 0 aromatic carbocycles. The molecule has 2 aromatic heterocycles. The normalized spacial score (nSPS) is 22.7. The molecule has 3 aliphatic heterocycles. The number of fused-ring (bicyclic) bond motifs is 4. The molecule has 0 radical (unpaired) electrons. The van der Waals surface area contributed by atoms with Gasteiger partial charge in [0.05, 0.1) is 30.0 Å². The lowest BCUT2D eigenvalue weighted by atomic mass is 9.97. The Morgan fingerprint density at radius 3 is 2.58 bits per heavy atom. The van der Waals surface area contributed by atoms with Gasteiger partial charge in [0.2, 0.25) is 5.95 Å². The molecule has 2 atom stereocenters. The van der Waals surface area contributed by atoms with Crippen molar-refractivity contribution in [1.82, 2.24) is 15.0 Å². The van der Waals surface area contributed by atoms with Crippen LogP contribution in [0.1, 0.15) is 25.7 Å². The van der Waals surface area contributed by atoms with Gasteiger partial charge in [0.1, 0.15) is 5.82 Å². The van der Waals surface area contributed by atoms with Gasteiger partial charge in [-0.2, -0.15) is 17.6 Å². The molecule has 2 bridgehead atoms. The van der Waals surface area contributed by atoms with Crippen LogP contribution in [0.15, 0.2) is 24.5 Å². The lowest BCUT2D eigenvalue weighted by Gasteiger charge is -2.46. The maximum Gasteiger partial charge on any atom is 0.393 e. The molecular weight excluding hydrogens is 442 g/mol. The third-order valence-corrected chi connectivity index (χ3v) is 6.45. The molecule has 2 saturated heterocycles. The number of carbonyl (C=O) groups is 1. The highest BCUT2D eigenvalue weighted by Gasteiger charge is 2.43. The van der Waals surface area contributed by atoms with Gasteiger partial charge in [-0.3, -0.25) is 10.2 Å². The van der Waals surface area contributed by atoms with Gasteiger partial charge in [-0.05, 0) is 37.8 Å². The molecule has 5 heterocycles. The quantitative estimate of drug-likeness (QED) is 0.680. The van der Waals surface area contributed by atoms with Crippen molar-refractivity contribution in [2.45, 2.75) is 37.9 Å². The number of alkyl halides is 3. The van der Waals surface area contributed by atoms with E-state index in [0.29, 0.717) is 31.1 Å². The van der Waals surface area contributed by atoms with Crippen molar-refractivity contribution in [2.24, 2.45) is 5.92 Å². The predicted octanol–water partition coefficient (Wildman–Crippen LogP) is 3.81. The van der Waals surface area contributed by atoms with Crippen molar-refractivity contribution in [1.29, 1.82) is 0 Å². The third kappa shape index (κ3) is 4.25. The molecule has 3 aliphatic rings. The summed E-state index contributed by atoms with van der Waals surface area (Å²) >= 11 is 0. The molecule has 2 fully saturated rings. The summed E-state index contributed by atoms with van der Waals surface area (Å²) in [7, 11) is 0. The number of rotatable bonds is 2. The first-order valence-electron chi connectivity index (χ1n) is 10.9. The molecular formula is C21H23F4N7O. The second-order valence-corrected chi connectivity index (χ2v) is 8.61. The number of pyridine rings is 1. The van der Waals surface area contributed by atoms with E-state index in [1.807, 2.05) is 6.07 Å². The summed E-state index contributed by atoms with van der Waals surface area (Å²) in [5.41, 5.74) is 0.763. The first-order valence-corrected chi connectivity index (χ1v) is 10.9. The molecule has 2 amide bonds. The van der Waals surface area contributed by atoms with E-state index < -0.39 is 24.1 Å². The number of amides is 2. The lowest BCUT2D eigenvalue weighted by molar-refractivity contribution is -0.176. The molecule has 8 nitrogen and oxygen atoms in total. The Labute approximate surface area is 187 Å². The van der Waals surface area contributed by atoms with Gasteiger partial charge < -0.3 is 9.80 Å². The average Bonchev–Trinajstić information content (AvgIpc) is 2.80. The van der Waals surface area contributed by atoms with Crippen molar-refractivity contribution in [3.63, 3.8) is 0 Å². The average molecular weight is 465 g/mol. The first-order chi connectivity index (χ1) is 15.8. The van der Waals surface area contributed by atoms with Crippen LogP contribution >= 0.6 is 0 Å². The fourth-order valence-electron chi connectivity index (χ4n) is 4.85. The summed E-state index contributed by atoms with van der Waals surface area (Å²) in [6.07, 6.45) is -0.0293. The standard InChI is InChI=1S/C21H23F4N7O/c22-16-9-27-17(10-26-16)28-20(33)32-14-4-2-7-30(12-14)15-5-6-18(29-19(15)32)31-8-1-3-13(11-31)21(23,24)25/h5-6,9-10,13-14H,1-4,7-8,11-12H2,(H,27,28,33)/t13-,14-/m0/s1. The van der Waals surface area contributed by atoms with Crippen LogP contribution in [0.25, 0.3) is 0 Å². The van der Waals surface area contributed by atoms with Crippen molar-refractivity contribution in [3.05, 3.63) is 30.5 Å². The lowest BCUT2D eigenvalue weighted by Crippen LogP contribution is -2.56. The number of hydrogen-bond acceptors (Lipinski definition) is 6. The number of carbonyl (C=O) groups excluding carboxylic acids is 1. The number of hydrogen-bond donors (Lipinski definition) is 1. The highest BCUT2D eigenvalue weighted by molar-refractivity contribution is 6.04. The topological polar surface area (TPSA) is 77.5 Å². The Kier molecular flexibility index (Phi) is 5.45. The molecule has 1 N–H and O–H groups in total. The Hall–Kier alpha value is -3.18. The monoisotopic (exact) mass is 465 g/mol. The highest BCUT2D eigenvalue weighted by atomic mass is 19.4. The number of anilines is 4. The summed E-state index contributed by atoms with van der Waals surface area (Å²) < 4.78 is 53.0. The van der Waals surface area contributed by atoms with E-state index in [1.54, 1.807) is 15.9 Å². The summed E-state index contributed by atoms with van der Waals surface area (Å²) in [6.45, 7) is 1.78. The maximum atomic E-state index is 13.3. The maximum absolute atomic E-state index is 13.3. The number of nitrogens with one attached hydrogen (secondary N) is 1. The second-order valence-electron chi connectivity index (χ2n) is 8.61. The van der Waals surface area contributed by atoms with E-state index in [0.717, 1.165) is 37.5 Å². The molecule has 2 aromatic rings. The second kappa shape index (κ2) is 8.31. The number of halogens is 4. The molecule has 12 heteroatoms. The van der Waals surface area contributed by atoms with Gasteiger partial charge >= 0.3 is 12.2 Å². The Morgan fingerprint density at radius 1 is 1.03 bits per heavy atom. The molecule has 33 heavy (non-hydrogen) atoms. The van der Waals surface area contributed by atoms with Crippen molar-refractivity contribution < 1.29 is 22.4 Å². The Balaban J connectivity index is 1.46. The summed E-state index contributed by atoms with van der Waals surface area (Å²) in [5.74, 6) is -1.23. The minimum atomic E-state index is -4.25. The van der Waals surface area contributed by atoms with Crippen LogP contribution < -0.4 is 20.0 Å². The molecule has 0 aliphatic carbocycles. The van der Waals surface area contributed by atoms with E-state index in [-0.39, 0.29) is 24.8 Å². The SMILES string of the molecule is O=C(Nc1cnc(F)cn1)N1c2nc(N3CCC[C@H](C(F)(F)F)C3)ccc2N2CCC[C@H]1C2. The van der Waals surface area contributed by atoms with Gasteiger partial charge in [-0.15, -0.1) is 0 Å². The van der Waals surface area contributed by atoms with Crippen LogP contribution in [0, 0.1) is 11.9 Å². The first kappa shape index (κ1) is 21.7. The van der Waals surface area contributed by atoms with Gasteiger partial charge in [-0.25, -0.2) is 19.7 Å². The van der Waals surface area contributed by atoms with Crippen LogP contribution in [0.4, 0.5) is 45.5 Å². The minimum Gasteiger partial charge on any atom is -0.366 e. The smallest absolute Gasteiger partial charge is 0.366 e. The molecule has 176 valence electrons. The Bertz CT molecular complexity index is 1030. The van der Waals surface area contributed by atoms with Crippen molar-refractivity contribution in [3.8, 4) is 0 Å². The number of piperidine rings is 2. The van der Waals surface area contributed by atoms with E-state index in [9.17, 15) is 22.4 Å². The van der Waals surface area contributed by atoms with E-state index in [1.165, 1.54) is 0 Å². The molecule has 0 saturated carbocycles. The number of urea groups is 1. The highest BCUT2D eigenvalue weighted by Crippen LogP contribution is 2.41. The minimum absolute atomic E-state index is 0.0985. The zero-order valence-electron chi connectivity index (χ0n) is 17.7. The van der Waals surface area contributed by atoms with Gasteiger partial charge in [0, 0.05) is 26.2 Å². The van der Waals surface area contributed by atoms with E-state index in [4.69, 9.17) is 0 Å². The van der Waals surface area contributed by atoms with Gasteiger partial charge in [0.15, 0.2) is 11.6 Å². The largest absolute Gasteiger partial charge is 0.393 e.